The first kappa shape index (κ1) is 20.8. The highest BCUT2D eigenvalue weighted by Gasteiger charge is 2.19. The molecule has 1 aliphatic heterocycles. The molecule has 1 unspecified atom stereocenters. The van der Waals surface area contributed by atoms with Crippen LogP contribution in [0.4, 0.5) is 4.39 Å². The Hall–Kier alpha value is -3.09. The normalized spacial score (nSPS) is 15.8. The second kappa shape index (κ2) is 9.18. The summed E-state index contributed by atoms with van der Waals surface area (Å²) < 4.78 is 20.9. The Balaban J connectivity index is 1.49. The number of nitrogens with one attached hydrogen (secondary N) is 1. The Morgan fingerprint density at radius 1 is 1.03 bits per heavy atom. The highest BCUT2D eigenvalue weighted by atomic mass is 19.1. The van der Waals surface area contributed by atoms with Crippen molar-refractivity contribution < 1.29 is 9.13 Å². The van der Waals surface area contributed by atoms with Crippen molar-refractivity contribution in [3.05, 3.63) is 78.5 Å². The highest BCUT2D eigenvalue weighted by molar-refractivity contribution is 5.92. The van der Waals surface area contributed by atoms with Crippen LogP contribution in [0.3, 0.4) is 0 Å². The minimum absolute atomic E-state index is 0.213. The molecule has 0 radical (unpaired) electrons. The quantitative estimate of drug-likeness (QED) is 0.452. The van der Waals surface area contributed by atoms with Gasteiger partial charge in [0.05, 0.1) is 5.52 Å². The second-order valence-corrected chi connectivity index (χ2v) is 8.44. The number of benzene rings is 1. The van der Waals surface area contributed by atoms with E-state index < -0.39 is 0 Å². The van der Waals surface area contributed by atoms with Gasteiger partial charge in [0.2, 0.25) is 0 Å². The SMILES string of the molecule is CC(NCC1CCOCC1)c1ccc2c(-c3ccncc3)c(-c3ccc(F)cc3)nn2c1. The first-order valence-electron chi connectivity index (χ1n) is 11.2. The summed E-state index contributed by atoms with van der Waals surface area (Å²) in [6.07, 6.45) is 7.89. The Morgan fingerprint density at radius 2 is 1.78 bits per heavy atom. The summed E-state index contributed by atoms with van der Waals surface area (Å²) >= 11 is 0. The monoisotopic (exact) mass is 430 g/mol. The molecule has 4 heterocycles. The van der Waals surface area contributed by atoms with Crippen molar-refractivity contribution in [1.82, 2.24) is 19.9 Å². The average molecular weight is 431 g/mol. The van der Waals surface area contributed by atoms with E-state index in [2.05, 4.69) is 35.6 Å². The Labute approximate surface area is 187 Å². The van der Waals surface area contributed by atoms with Crippen molar-refractivity contribution >= 4 is 5.52 Å². The van der Waals surface area contributed by atoms with Crippen LogP contribution in [0.2, 0.25) is 0 Å². The number of ether oxygens (including phenoxy) is 1. The zero-order valence-electron chi connectivity index (χ0n) is 18.2. The third-order valence-corrected chi connectivity index (χ3v) is 6.29. The van der Waals surface area contributed by atoms with Gasteiger partial charge in [-0.05, 0) is 85.8 Å². The molecule has 1 aliphatic rings. The molecule has 1 aromatic carbocycles. The Morgan fingerprint density at radius 3 is 2.53 bits per heavy atom. The van der Waals surface area contributed by atoms with Gasteiger partial charge in [0, 0.05) is 49.0 Å². The summed E-state index contributed by atoms with van der Waals surface area (Å²) in [6, 6.07) is 15.0. The molecule has 3 aromatic heterocycles. The highest BCUT2D eigenvalue weighted by Crippen LogP contribution is 2.35. The molecule has 0 saturated carbocycles. The number of hydrogen-bond donors (Lipinski definition) is 1. The van der Waals surface area contributed by atoms with Gasteiger partial charge in [0.1, 0.15) is 11.5 Å². The number of fused-ring (bicyclic) bond motifs is 1. The van der Waals surface area contributed by atoms with Crippen LogP contribution in [0.5, 0.6) is 0 Å². The number of pyridine rings is 2. The van der Waals surface area contributed by atoms with Gasteiger partial charge in [-0.3, -0.25) is 4.98 Å². The maximum Gasteiger partial charge on any atom is 0.123 e. The molecule has 32 heavy (non-hydrogen) atoms. The lowest BCUT2D eigenvalue weighted by Crippen LogP contribution is -2.29. The molecule has 0 bridgehead atoms. The van der Waals surface area contributed by atoms with Gasteiger partial charge in [0.25, 0.3) is 0 Å². The fourth-order valence-corrected chi connectivity index (χ4v) is 4.35. The van der Waals surface area contributed by atoms with Crippen LogP contribution < -0.4 is 5.32 Å². The fourth-order valence-electron chi connectivity index (χ4n) is 4.35. The van der Waals surface area contributed by atoms with Gasteiger partial charge in [-0.25, -0.2) is 8.91 Å². The lowest BCUT2D eigenvalue weighted by molar-refractivity contribution is 0.0656. The standard InChI is InChI=1S/C26H27FN4O/c1-18(29-16-19-10-14-32-15-11-19)22-4-7-24-25(20-8-12-28-13-9-20)26(30-31(24)17-22)21-2-5-23(27)6-3-21/h2-9,12-13,17-19,29H,10-11,14-16H2,1H3. The van der Waals surface area contributed by atoms with Gasteiger partial charge < -0.3 is 10.1 Å². The predicted octanol–water partition coefficient (Wildman–Crippen LogP) is 5.28. The molecular formula is C26H27FN4O. The molecule has 164 valence electrons. The van der Waals surface area contributed by atoms with Crippen molar-refractivity contribution in [2.45, 2.75) is 25.8 Å². The third-order valence-electron chi connectivity index (χ3n) is 6.29. The molecule has 1 saturated heterocycles. The van der Waals surface area contributed by atoms with E-state index in [4.69, 9.17) is 9.84 Å². The number of hydrogen-bond acceptors (Lipinski definition) is 4. The van der Waals surface area contributed by atoms with Gasteiger partial charge in [-0.2, -0.15) is 5.10 Å². The number of halogens is 1. The van der Waals surface area contributed by atoms with Crippen molar-refractivity contribution in [2.24, 2.45) is 5.92 Å². The minimum atomic E-state index is -0.255. The molecular weight excluding hydrogens is 403 g/mol. The summed E-state index contributed by atoms with van der Waals surface area (Å²) in [4.78, 5) is 4.15. The van der Waals surface area contributed by atoms with Crippen LogP contribution in [0, 0.1) is 11.7 Å². The summed E-state index contributed by atoms with van der Waals surface area (Å²) in [6.45, 7) is 4.91. The van der Waals surface area contributed by atoms with Crippen LogP contribution in [0.1, 0.15) is 31.4 Å². The average Bonchev–Trinajstić information content (AvgIpc) is 3.23. The summed E-state index contributed by atoms with van der Waals surface area (Å²) in [7, 11) is 0. The van der Waals surface area contributed by atoms with E-state index >= 15 is 0 Å². The Kier molecular flexibility index (Phi) is 5.97. The maximum absolute atomic E-state index is 13.5. The Bertz CT molecular complexity index is 1180. The largest absolute Gasteiger partial charge is 0.381 e. The van der Waals surface area contributed by atoms with Crippen LogP contribution in [-0.2, 0) is 4.74 Å². The van der Waals surface area contributed by atoms with Crippen molar-refractivity contribution in [1.29, 1.82) is 0 Å². The van der Waals surface area contributed by atoms with Crippen molar-refractivity contribution in [3.63, 3.8) is 0 Å². The van der Waals surface area contributed by atoms with E-state index in [1.807, 2.05) is 16.6 Å². The van der Waals surface area contributed by atoms with Crippen molar-refractivity contribution in [2.75, 3.05) is 19.8 Å². The van der Waals surface area contributed by atoms with E-state index in [9.17, 15) is 4.39 Å². The summed E-state index contributed by atoms with van der Waals surface area (Å²) in [5.74, 6) is 0.415. The topological polar surface area (TPSA) is 51.5 Å². The zero-order chi connectivity index (χ0) is 21.9. The van der Waals surface area contributed by atoms with Crippen LogP contribution in [0.15, 0.2) is 67.1 Å². The zero-order valence-corrected chi connectivity index (χ0v) is 18.2. The molecule has 1 N–H and O–H groups in total. The fraction of sp³-hybridized carbons (Fsp3) is 0.308. The van der Waals surface area contributed by atoms with Gasteiger partial charge in [0.15, 0.2) is 0 Å². The first-order valence-corrected chi connectivity index (χ1v) is 11.2. The van der Waals surface area contributed by atoms with E-state index in [0.717, 1.165) is 60.5 Å². The molecule has 1 fully saturated rings. The van der Waals surface area contributed by atoms with Crippen LogP contribution >= 0.6 is 0 Å². The van der Waals surface area contributed by atoms with E-state index in [-0.39, 0.29) is 11.9 Å². The van der Waals surface area contributed by atoms with E-state index in [1.54, 1.807) is 24.5 Å². The van der Waals surface area contributed by atoms with E-state index in [1.165, 1.54) is 17.7 Å². The first-order chi connectivity index (χ1) is 15.7. The molecule has 0 aliphatic carbocycles. The van der Waals surface area contributed by atoms with Crippen molar-refractivity contribution in [3.8, 4) is 22.4 Å². The smallest absolute Gasteiger partial charge is 0.123 e. The van der Waals surface area contributed by atoms with Gasteiger partial charge >= 0.3 is 0 Å². The van der Waals surface area contributed by atoms with Crippen LogP contribution in [-0.4, -0.2) is 34.4 Å². The minimum Gasteiger partial charge on any atom is -0.381 e. The summed E-state index contributed by atoms with van der Waals surface area (Å²) in [5, 5.41) is 8.59. The molecule has 5 rings (SSSR count). The lowest BCUT2D eigenvalue weighted by atomic mass is 9.99. The second-order valence-electron chi connectivity index (χ2n) is 8.44. The summed E-state index contributed by atoms with van der Waals surface area (Å²) in [5.41, 5.74) is 5.96. The van der Waals surface area contributed by atoms with E-state index in [0.29, 0.717) is 5.92 Å². The number of rotatable bonds is 6. The molecule has 0 amide bonds. The predicted molar refractivity (Wildman–Crippen MR) is 124 cm³/mol. The number of nitrogens with zero attached hydrogens (tertiary/aromatic N) is 3. The molecule has 1 atom stereocenters. The molecule has 4 aromatic rings. The molecule has 0 spiro atoms. The van der Waals surface area contributed by atoms with Gasteiger partial charge in [-0.15, -0.1) is 0 Å². The molecule has 6 heteroatoms. The maximum atomic E-state index is 13.5. The number of aromatic nitrogens is 3. The third kappa shape index (κ3) is 4.29. The van der Waals surface area contributed by atoms with Crippen LogP contribution in [0.25, 0.3) is 27.9 Å². The van der Waals surface area contributed by atoms with Gasteiger partial charge in [-0.1, -0.05) is 6.07 Å². The lowest BCUT2D eigenvalue weighted by Gasteiger charge is -2.24. The molecule has 5 nitrogen and oxygen atoms in total.